The summed E-state index contributed by atoms with van der Waals surface area (Å²) in [5.74, 6) is -1.45. The lowest BCUT2D eigenvalue weighted by Gasteiger charge is -2.31. The second-order valence-corrected chi connectivity index (χ2v) is 9.33. The van der Waals surface area contributed by atoms with Gasteiger partial charge >= 0.3 is 12.1 Å². The highest BCUT2D eigenvalue weighted by atomic mass is 32.2. The fourth-order valence-corrected chi connectivity index (χ4v) is 5.33. The van der Waals surface area contributed by atoms with Gasteiger partial charge in [0.15, 0.2) is 0 Å². The van der Waals surface area contributed by atoms with E-state index in [1.54, 1.807) is 16.8 Å². The number of benzene rings is 1. The van der Waals surface area contributed by atoms with Gasteiger partial charge in [0.05, 0.1) is 12.1 Å². The highest BCUT2D eigenvalue weighted by molar-refractivity contribution is 7.98. The van der Waals surface area contributed by atoms with Crippen molar-refractivity contribution in [2.75, 3.05) is 32.0 Å². The second kappa shape index (κ2) is 9.35. The number of hydrogen-bond acceptors (Lipinski definition) is 5. The van der Waals surface area contributed by atoms with Crippen LogP contribution in [-0.2, 0) is 22.5 Å². The molecule has 0 bridgehead atoms. The van der Waals surface area contributed by atoms with Crippen LogP contribution in [0.1, 0.15) is 41.4 Å². The summed E-state index contributed by atoms with van der Waals surface area (Å²) in [4.78, 5) is 25.7. The molecule has 3 heterocycles. The van der Waals surface area contributed by atoms with E-state index in [1.165, 1.54) is 11.3 Å². The minimum absolute atomic E-state index is 0.0777. The molecule has 4 rings (SSSR count). The van der Waals surface area contributed by atoms with Crippen molar-refractivity contribution in [1.29, 1.82) is 0 Å². The number of rotatable bonds is 5. The number of halogens is 3. The van der Waals surface area contributed by atoms with Crippen LogP contribution in [-0.4, -0.2) is 58.9 Å². The van der Waals surface area contributed by atoms with Crippen LogP contribution in [0.15, 0.2) is 18.2 Å². The molecule has 1 N–H and O–H groups in total. The fraction of sp³-hybridized carbons (Fsp3) is 0.545. The molecule has 32 heavy (non-hydrogen) atoms. The predicted molar refractivity (Wildman–Crippen MR) is 117 cm³/mol. The summed E-state index contributed by atoms with van der Waals surface area (Å²) in [7, 11) is 0. The molecular weight excluding hydrogens is 443 g/mol. The summed E-state index contributed by atoms with van der Waals surface area (Å²) < 4.78 is 43.5. The van der Waals surface area contributed by atoms with Gasteiger partial charge in [-0.2, -0.15) is 13.2 Å². The van der Waals surface area contributed by atoms with E-state index in [1.807, 2.05) is 18.2 Å². The number of piperidine rings is 1. The molecule has 0 radical (unpaired) electrons. The summed E-state index contributed by atoms with van der Waals surface area (Å²) >= 11 is 1.76. The molecule has 0 saturated carbocycles. The fourth-order valence-electron chi connectivity index (χ4n) is 4.42. The standard InChI is InChI=1S/C22H26F3N3O3S/c1-2-32-28-18-4-3-15(11-16(18)17-12-26-8-5-19(17)28)20(29)27-9-6-14(7-10-27)13-31-21(30)22(23,24)25/h3-4,11,14,26H,2,5-10,12-13H2,1H3. The van der Waals surface area contributed by atoms with Gasteiger partial charge in [0, 0.05) is 55.0 Å². The summed E-state index contributed by atoms with van der Waals surface area (Å²) in [6.45, 7) is 4.42. The zero-order chi connectivity index (χ0) is 22.9. The molecule has 1 saturated heterocycles. The number of nitrogens with zero attached hydrogens (tertiary/aromatic N) is 2. The third-order valence-electron chi connectivity index (χ3n) is 6.06. The predicted octanol–water partition coefficient (Wildman–Crippen LogP) is 3.76. The second-order valence-electron chi connectivity index (χ2n) is 8.13. The van der Waals surface area contributed by atoms with E-state index >= 15 is 0 Å². The molecule has 1 amide bonds. The zero-order valence-corrected chi connectivity index (χ0v) is 18.7. The van der Waals surface area contributed by atoms with Crippen molar-refractivity contribution in [3.05, 3.63) is 35.0 Å². The average molecular weight is 470 g/mol. The van der Waals surface area contributed by atoms with Crippen molar-refractivity contribution >= 4 is 34.7 Å². The number of esters is 1. The van der Waals surface area contributed by atoms with Crippen LogP contribution in [0.3, 0.4) is 0 Å². The maximum atomic E-state index is 13.1. The largest absolute Gasteiger partial charge is 0.490 e. The summed E-state index contributed by atoms with van der Waals surface area (Å²) in [6.07, 6.45) is -3.02. The lowest BCUT2D eigenvalue weighted by molar-refractivity contribution is -0.201. The molecule has 1 aromatic carbocycles. The Balaban J connectivity index is 1.44. The van der Waals surface area contributed by atoms with Crippen LogP contribution in [0.25, 0.3) is 10.9 Å². The molecule has 0 spiro atoms. The molecule has 2 aliphatic heterocycles. The SMILES string of the molecule is CCSn1c2c(c3cc(C(=O)N4CCC(COC(=O)C(F)(F)F)CC4)ccc31)CNCC2. The molecule has 0 atom stereocenters. The Morgan fingerprint density at radius 2 is 2.00 bits per heavy atom. The van der Waals surface area contributed by atoms with Crippen molar-refractivity contribution in [2.24, 2.45) is 5.92 Å². The first-order valence-electron chi connectivity index (χ1n) is 10.8. The number of nitrogens with one attached hydrogen (secondary N) is 1. The summed E-state index contributed by atoms with van der Waals surface area (Å²) in [5.41, 5.74) is 4.29. The topological polar surface area (TPSA) is 63.6 Å². The Bertz CT molecular complexity index is 1010. The molecule has 0 unspecified atom stereocenters. The third-order valence-corrected chi connectivity index (χ3v) is 7.00. The Labute approximate surface area is 188 Å². The highest BCUT2D eigenvalue weighted by Gasteiger charge is 2.41. The van der Waals surface area contributed by atoms with Gasteiger partial charge in [0.25, 0.3) is 5.91 Å². The Morgan fingerprint density at radius 3 is 2.69 bits per heavy atom. The van der Waals surface area contributed by atoms with Gasteiger partial charge in [0.2, 0.25) is 0 Å². The van der Waals surface area contributed by atoms with Gasteiger partial charge in [-0.05, 0) is 54.5 Å². The smallest absolute Gasteiger partial charge is 0.459 e. The third kappa shape index (κ3) is 4.61. The molecule has 2 aromatic rings. The van der Waals surface area contributed by atoms with E-state index in [0.29, 0.717) is 31.5 Å². The van der Waals surface area contributed by atoms with Crippen LogP contribution in [0, 0.1) is 5.92 Å². The first kappa shape index (κ1) is 23.0. The van der Waals surface area contributed by atoms with Crippen LogP contribution in [0.2, 0.25) is 0 Å². The number of carbonyl (C=O) groups is 2. The maximum Gasteiger partial charge on any atom is 0.490 e. The molecule has 174 valence electrons. The number of likely N-dealkylation sites (tertiary alicyclic amines) is 1. The number of fused-ring (bicyclic) bond motifs is 3. The average Bonchev–Trinajstić information content (AvgIpc) is 3.10. The molecule has 1 aromatic heterocycles. The summed E-state index contributed by atoms with van der Waals surface area (Å²) in [5, 5.41) is 4.50. The van der Waals surface area contributed by atoms with E-state index in [2.05, 4.69) is 20.9 Å². The normalized spacial score (nSPS) is 17.4. The first-order valence-corrected chi connectivity index (χ1v) is 11.8. The number of hydrogen-bond donors (Lipinski definition) is 1. The number of ether oxygens (including phenoxy) is 1. The molecule has 1 fully saturated rings. The maximum absolute atomic E-state index is 13.1. The van der Waals surface area contributed by atoms with Crippen LogP contribution >= 0.6 is 11.9 Å². The Morgan fingerprint density at radius 1 is 1.25 bits per heavy atom. The van der Waals surface area contributed by atoms with Gasteiger partial charge < -0.3 is 15.0 Å². The molecular formula is C22H26F3N3O3S. The Kier molecular flexibility index (Phi) is 6.71. The van der Waals surface area contributed by atoms with Crippen molar-refractivity contribution in [3.8, 4) is 0 Å². The van der Waals surface area contributed by atoms with E-state index in [-0.39, 0.29) is 18.4 Å². The first-order chi connectivity index (χ1) is 15.3. The lowest BCUT2D eigenvalue weighted by Crippen LogP contribution is -2.40. The zero-order valence-electron chi connectivity index (χ0n) is 17.8. The van der Waals surface area contributed by atoms with E-state index in [0.717, 1.165) is 36.2 Å². The van der Waals surface area contributed by atoms with E-state index in [9.17, 15) is 22.8 Å². The monoisotopic (exact) mass is 469 g/mol. The van der Waals surface area contributed by atoms with Crippen molar-refractivity contribution in [1.82, 2.24) is 14.2 Å². The summed E-state index contributed by atoms with van der Waals surface area (Å²) in [6, 6.07) is 5.83. The van der Waals surface area contributed by atoms with Crippen molar-refractivity contribution in [3.63, 3.8) is 0 Å². The molecule has 0 aliphatic carbocycles. The van der Waals surface area contributed by atoms with Gasteiger partial charge in [-0.1, -0.05) is 6.92 Å². The Hall–Kier alpha value is -2.20. The lowest BCUT2D eigenvalue weighted by atomic mass is 9.97. The van der Waals surface area contributed by atoms with E-state index < -0.39 is 12.1 Å². The van der Waals surface area contributed by atoms with Gasteiger partial charge in [-0.25, -0.2) is 4.79 Å². The van der Waals surface area contributed by atoms with Crippen LogP contribution < -0.4 is 5.32 Å². The number of alkyl halides is 3. The minimum atomic E-state index is -4.97. The molecule has 10 heteroatoms. The van der Waals surface area contributed by atoms with Crippen molar-refractivity contribution in [2.45, 2.75) is 38.9 Å². The number of amides is 1. The minimum Gasteiger partial charge on any atom is -0.459 e. The highest BCUT2D eigenvalue weighted by Crippen LogP contribution is 2.33. The number of carbonyl (C=O) groups excluding carboxylic acids is 2. The van der Waals surface area contributed by atoms with Gasteiger partial charge in [-0.3, -0.25) is 8.77 Å². The quantitative estimate of drug-likeness (QED) is 0.676. The van der Waals surface area contributed by atoms with E-state index in [4.69, 9.17) is 0 Å². The van der Waals surface area contributed by atoms with Crippen LogP contribution in [0.4, 0.5) is 13.2 Å². The van der Waals surface area contributed by atoms with Gasteiger partial charge in [-0.15, -0.1) is 0 Å². The molecule has 6 nitrogen and oxygen atoms in total. The van der Waals surface area contributed by atoms with Crippen molar-refractivity contribution < 1.29 is 27.5 Å². The van der Waals surface area contributed by atoms with Crippen LogP contribution in [0.5, 0.6) is 0 Å². The van der Waals surface area contributed by atoms with Gasteiger partial charge in [0.1, 0.15) is 0 Å². The molecule has 2 aliphatic rings. The number of aromatic nitrogens is 1.